The van der Waals surface area contributed by atoms with Crippen molar-refractivity contribution in [3.8, 4) is 0 Å². The van der Waals surface area contributed by atoms with Gasteiger partial charge in [0, 0.05) is 18.5 Å². The molecule has 3 nitrogen and oxygen atoms in total. The fraction of sp³-hybridized carbons (Fsp3) is 0.667. The molecule has 1 fully saturated rings. The van der Waals surface area contributed by atoms with Crippen LogP contribution < -0.4 is 0 Å². The van der Waals surface area contributed by atoms with E-state index in [1.807, 2.05) is 7.05 Å². The fourth-order valence-electron chi connectivity index (χ4n) is 3.33. The summed E-state index contributed by atoms with van der Waals surface area (Å²) in [5, 5.41) is 10.4. The minimum atomic E-state index is -0.648. The number of carbonyl (C=O) groups excluding carboxylic acids is 1. The summed E-state index contributed by atoms with van der Waals surface area (Å²) in [5.74, 6) is 0.0692. The summed E-state index contributed by atoms with van der Waals surface area (Å²) in [5.41, 5.74) is 0.714. The van der Waals surface area contributed by atoms with Crippen LogP contribution in [0.2, 0.25) is 0 Å². The lowest BCUT2D eigenvalue weighted by atomic mass is 10.0. The topological polar surface area (TPSA) is 40.5 Å². The monoisotopic (exact) mass is 279 g/mol. The van der Waals surface area contributed by atoms with Gasteiger partial charge in [-0.1, -0.05) is 12.8 Å². The number of thiophene rings is 1. The molecule has 0 unspecified atom stereocenters. The number of rotatable bonds is 3. The lowest BCUT2D eigenvalue weighted by Gasteiger charge is -2.28. The second kappa shape index (κ2) is 4.91. The molecule has 1 aromatic heterocycles. The highest BCUT2D eigenvalue weighted by Crippen LogP contribution is 2.33. The molecule has 0 saturated heterocycles. The minimum Gasteiger partial charge on any atom is -0.388 e. The molecular weight excluding hydrogens is 258 g/mol. The summed E-state index contributed by atoms with van der Waals surface area (Å²) < 4.78 is 0. The van der Waals surface area contributed by atoms with Crippen molar-refractivity contribution in [1.82, 2.24) is 4.90 Å². The third kappa shape index (κ3) is 2.56. The Morgan fingerprint density at radius 3 is 2.79 bits per heavy atom. The number of nitrogens with zero attached hydrogens (tertiary/aromatic N) is 1. The number of aliphatic hydroxyl groups is 1. The van der Waals surface area contributed by atoms with Gasteiger partial charge in [0.25, 0.3) is 5.91 Å². The van der Waals surface area contributed by atoms with Gasteiger partial charge in [0.15, 0.2) is 0 Å². The molecule has 2 aliphatic rings. The number of amides is 1. The van der Waals surface area contributed by atoms with Crippen molar-refractivity contribution < 1.29 is 9.90 Å². The Hall–Kier alpha value is -0.870. The van der Waals surface area contributed by atoms with Gasteiger partial charge < -0.3 is 10.0 Å². The molecule has 0 spiro atoms. The number of carbonyl (C=O) groups is 1. The molecule has 0 bridgehead atoms. The van der Waals surface area contributed by atoms with Crippen LogP contribution in [0.4, 0.5) is 0 Å². The second-order valence-corrected chi connectivity index (χ2v) is 7.14. The molecule has 0 aliphatic heterocycles. The molecule has 2 aliphatic carbocycles. The summed E-state index contributed by atoms with van der Waals surface area (Å²) in [6.45, 7) is 0.467. The summed E-state index contributed by atoms with van der Waals surface area (Å²) in [4.78, 5) is 16.3. The maximum Gasteiger partial charge on any atom is 0.263 e. The van der Waals surface area contributed by atoms with Crippen LogP contribution in [0.5, 0.6) is 0 Å². The van der Waals surface area contributed by atoms with Crippen molar-refractivity contribution in [3.05, 3.63) is 21.4 Å². The summed E-state index contributed by atoms with van der Waals surface area (Å²) >= 11 is 1.64. The lowest BCUT2D eigenvalue weighted by Crippen LogP contribution is -2.41. The Morgan fingerprint density at radius 2 is 2.11 bits per heavy atom. The van der Waals surface area contributed by atoms with Crippen molar-refractivity contribution in [2.75, 3.05) is 13.6 Å². The van der Waals surface area contributed by atoms with Gasteiger partial charge in [-0.3, -0.25) is 4.79 Å². The van der Waals surface area contributed by atoms with Crippen molar-refractivity contribution >= 4 is 17.2 Å². The van der Waals surface area contributed by atoms with E-state index in [2.05, 4.69) is 6.07 Å². The number of likely N-dealkylation sites (N-methyl/N-ethyl adjacent to an activating group) is 1. The molecule has 0 aromatic carbocycles. The van der Waals surface area contributed by atoms with Crippen LogP contribution in [0.3, 0.4) is 0 Å². The maximum absolute atomic E-state index is 12.4. The van der Waals surface area contributed by atoms with E-state index in [4.69, 9.17) is 0 Å². The molecule has 1 aromatic rings. The fourth-order valence-corrected chi connectivity index (χ4v) is 4.58. The molecular formula is C15H21NO2S. The van der Waals surface area contributed by atoms with E-state index < -0.39 is 5.60 Å². The normalized spacial score (nSPS) is 20.5. The molecule has 0 radical (unpaired) electrons. The van der Waals surface area contributed by atoms with Gasteiger partial charge in [0.1, 0.15) is 0 Å². The van der Waals surface area contributed by atoms with Crippen molar-refractivity contribution in [1.29, 1.82) is 0 Å². The zero-order chi connectivity index (χ0) is 13.5. The predicted octanol–water partition coefficient (Wildman–Crippen LogP) is 2.61. The highest BCUT2D eigenvalue weighted by atomic mass is 32.1. The second-order valence-electron chi connectivity index (χ2n) is 6.01. The van der Waals surface area contributed by atoms with Gasteiger partial charge in [-0.05, 0) is 43.7 Å². The summed E-state index contributed by atoms with van der Waals surface area (Å²) in [6.07, 6.45) is 7.27. The molecule has 1 saturated carbocycles. The molecule has 3 rings (SSSR count). The van der Waals surface area contributed by atoms with Gasteiger partial charge in [0.05, 0.1) is 10.5 Å². The molecule has 104 valence electrons. The molecule has 1 N–H and O–H groups in total. The van der Waals surface area contributed by atoms with Gasteiger partial charge in [-0.15, -0.1) is 11.3 Å². The third-order valence-electron chi connectivity index (χ3n) is 4.37. The molecule has 4 heteroatoms. The molecule has 19 heavy (non-hydrogen) atoms. The van der Waals surface area contributed by atoms with Crippen LogP contribution in [0.1, 0.15) is 52.2 Å². The zero-order valence-electron chi connectivity index (χ0n) is 11.4. The van der Waals surface area contributed by atoms with Crippen LogP contribution in [0, 0.1) is 0 Å². The highest BCUT2D eigenvalue weighted by molar-refractivity contribution is 7.14. The first-order chi connectivity index (χ1) is 9.07. The average molecular weight is 279 g/mol. The van der Waals surface area contributed by atoms with Crippen molar-refractivity contribution in [3.63, 3.8) is 0 Å². The molecule has 0 atom stereocenters. The smallest absolute Gasteiger partial charge is 0.263 e. The SMILES string of the molecule is CN(CC1(O)CCCC1)C(=O)c1cc2c(s1)CCC2. The molecule has 1 heterocycles. The van der Waals surface area contributed by atoms with E-state index in [0.717, 1.165) is 43.4 Å². The number of aryl methyl sites for hydroxylation is 2. The van der Waals surface area contributed by atoms with Crippen LogP contribution in [-0.4, -0.2) is 35.1 Å². The van der Waals surface area contributed by atoms with Crippen LogP contribution in [0.25, 0.3) is 0 Å². The Labute approximate surface area is 118 Å². The Balaban J connectivity index is 1.68. The van der Waals surface area contributed by atoms with Crippen molar-refractivity contribution in [2.45, 2.75) is 50.5 Å². The maximum atomic E-state index is 12.4. The number of fused-ring (bicyclic) bond motifs is 1. The van der Waals surface area contributed by atoms with Gasteiger partial charge in [0.2, 0.25) is 0 Å². The Morgan fingerprint density at radius 1 is 1.37 bits per heavy atom. The van der Waals surface area contributed by atoms with Crippen molar-refractivity contribution in [2.24, 2.45) is 0 Å². The van der Waals surface area contributed by atoms with E-state index in [9.17, 15) is 9.90 Å². The number of hydrogen-bond acceptors (Lipinski definition) is 3. The standard InChI is InChI=1S/C15H21NO2S/c1-16(10-15(18)7-2-3-8-15)14(17)13-9-11-5-4-6-12(11)19-13/h9,18H,2-8,10H2,1H3. The first-order valence-corrected chi connectivity index (χ1v) is 7.98. The summed E-state index contributed by atoms with van der Waals surface area (Å²) in [6, 6.07) is 2.06. The minimum absolute atomic E-state index is 0.0692. The van der Waals surface area contributed by atoms with Gasteiger partial charge in [-0.25, -0.2) is 0 Å². The van der Waals surface area contributed by atoms with Gasteiger partial charge >= 0.3 is 0 Å². The molecule has 1 amide bonds. The summed E-state index contributed by atoms with van der Waals surface area (Å²) in [7, 11) is 1.81. The largest absolute Gasteiger partial charge is 0.388 e. The average Bonchev–Trinajstić information content (AvgIpc) is 3.02. The van der Waals surface area contributed by atoms with Gasteiger partial charge in [-0.2, -0.15) is 0 Å². The van der Waals surface area contributed by atoms with Crippen LogP contribution in [-0.2, 0) is 12.8 Å². The number of hydrogen-bond donors (Lipinski definition) is 1. The lowest BCUT2D eigenvalue weighted by molar-refractivity contribution is 0.0158. The third-order valence-corrected chi connectivity index (χ3v) is 5.59. The quantitative estimate of drug-likeness (QED) is 0.924. The van der Waals surface area contributed by atoms with E-state index in [1.54, 1.807) is 16.2 Å². The van der Waals surface area contributed by atoms with Crippen LogP contribution >= 0.6 is 11.3 Å². The van der Waals surface area contributed by atoms with Crippen LogP contribution in [0.15, 0.2) is 6.07 Å². The first kappa shape index (κ1) is 13.1. The van der Waals surface area contributed by atoms with E-state index in [-0.39, 0.29) is 5.91 Å². The highest BCUT2D eigenvalue weighted by Gasteiger charge is 2.34. The van der Waals surface area contributed by atoms with E-state index in [1.165, 1.54) is 16.9 Å². The Kier molecular flexibility index (Phi) is 3.39. The Bertz CT molecular complexity index is 467. The van der Waals surface area contributed by atoms with E-state index >= 15 is 0 Å². The first-order valence-electron chi connectivity index (χ1n) is 7.17. The van der Waals surface area contributed by atoms with E-state index in [0.29, 0.717) is 6.54 Å². The zero-order valence-corrected chi connectivity index (χ0v) is 12.3. The predicted molar refractivity (Wildman–Crippen MR) is 76.7 cm³/mol.